The molecule has 1 amide bonds. The molecule has 0 spiro atoms. The lowest BCUT2D eigenvalue weighted by Gasteiger charge is -2.42. The first-order chi connectivity index (χ1) is 7.60. The number of hydrogen-bond donors (Lipinski definition) is 1. The Balaban J connectivity index is 2.95. The molecule has 2 unspecified atom stereocenters. The summed E-state index contributed by atoms with van der Waals surface area (Å²) < 4.78 is 5.23. The van der Waals surface area contributed by atoms with E-state index in [9.17, 15) is 14.7 Å². The largest absolute Gasteiger partial charge is 0.479 e. The molecule has 5 nitrogen and oxygen atoms in total. The first kappa shape index (κ1) is 13.0. The lowest BCUT2D eigenvalue weighted by Crippen LogP contribution is -2.57. The Labute approximate surface area is 95.4 Å². The van der Waals surface area contributed by atoms with Gasteiger partial charge in [-0.1, -0.05) is 0 Å². The third-order valence-corrected chi connectivity index (χ3v) is 3.43. The second-order valence-electron chi connectivity index (χ2n) is 4.18. The number of rotatable bonds is 5. The number of ether oxygens (including phenoxy) is 1. The van der Waals surface area contributed by atoms with Crippen LogP contribution in [0.4, 0.5) is 0 Å². The molecule has 1 aliphatic rings. The predicted octanol–water partition coefficient (Wildman–Crippen LogP) is 0.877. The van der Waals surface area contributed by atoms with Crippen molar-refractivity contribution in [2.45, 2.75) is 44.2 Å². The summed E-state index contributed by atoms with van der Waals surface area (Å²) in [6.45, 7) is 2.20. The molecule has 5 heteroatoms. The van der Waals surface area contributed by atoms with Crippen molar-refractivity contribution < 1.29 is 19.4 Å². The van der Waals surface area contributed by atoms with Gasteiger partial charge in [0.15, 0.2) is 0 Å². The standard InChI is InChI=1S/C11H19NO4/c1-3-12(8-13)11(10(14)15)6-4-5-9(7-11)16-2/h8-9H,3-7H2,1-2H3,(H,14,15). The summed E-state index contributed by atoms with van der Waals surface area (Å²) in [5.41, 5.74) is -1.07. The van der Waals surface area contributed by atoms with E-state index in [2.05, 4.69) is 0 Å². The average Bonchev–Trinajstić information content (AvgIpc) is 2.30. The molecule has 1 saturated carbocycles. The maximum atomic E-state index is 11.4. The average molecular weight is 229 g/mol. The summed E-state index contributed by atoms with van der Waals surface area (Å²) in [6.07, 6.45) is 3.09. The van der Waals surface area contributed by atoms with Crippen molar-refractivity contribution >= 4 is 12.4 Å². The maximum Gasteiger partial charge on any atom is 0.329 e. The Bertz CT molecular complexity index is 269. The number of nitrogens with zero attached hydrogens (tertiary/aromatic N) is 1. The normalized spacial score (nSPS) is 29.8. The highest BCUT2D eigenvalue weighted by Crippen LogP contribution is 2.34. The fourth-order valence-electron chi connectivity index (χ4n) is 2.46. The first-order valence-corrected chi connectivity index (χ1v) is 5.59. The SMILES string of the molecule is CCN(C=O)C1(C(=O)O)CCCC(OC)C1. The van der Waals surface area contributed by atoms with E-state index in [1.165, 1.54) is 4.90 Å². The zero-order valence-corrected chi connectivity index (χ0v) is 9.81. The number of carbonyl (C=O) groups excluding carboxylic acids is 1. The van der Waals surface area contributed by atoms with Crippen LogP contribution >= 0.6 is 0 Å². The molecule has 0 saturated heterocycles. The van der Waals surface area contributed by atoms with Crippen LogP contribution in [0.1, 0.15) is 32.6 Å². The van der Waals surface area contributed by atoms with Crippen molar-refractivity contribution in [3.63, 3.8) is 0 Å². The smallest absolute Gasteiger partial charge is 0.329 e. The van der Waals surface area contributed by atoms with Crippen LogP contribution < -0.4 is 0 Å². The molecule has 0 aliphatic heterocycles. The number of hydrogen-bond acceptors (Lipinski definition) is 3. The summed E-state index contributed by atoms with van der Waals surface area (Å²) in [6, 6.07) is 0. The second kappa shape index (κ2) is 5.30. The van der Waals surface area contributed by atoms with E-state index in [1.54, 1.807) is 14.0 Å². The molecule has 1 N–H and O–H groups in total. The van der Waals surface area contributed by atoms with Gasteiger partial charge in [0.2, 0.25) is 6.41 Å². The van der Waals surface area contributed by atoms with Crippen LogP contribution in [-0.4, -0.2) is 47.7 Å². The summed E-state index contributed by atoms with van der Waals surface area (Å²) in [7, 11) is 1.58. The molecular formula is C11H19NO4. The number of aliphatic carboxylic acids is 1. The van der Waals surface area contributed by atoms with Crippen LogP contribution in [0, 0.1) is 0 Å². The van der Waals surface area contributed by atoms with E-state index < -0.39 is 11.5 Å². The van der Waals surface area contributed by atoms with E-state index in [0.717, 1.165) is 12.8 Å². The summed E-state index contributed by atoms with van der Waals surface area (Å²) in [5, 5.41) is 9.38. The van der Waals surface area contributed by atoms with E-state index in [4.69, 9.17) is 4.74 Å². The summed E-state index contributed by atoms with van der Waals surface area (Å²) in [5.74, 6) is -0.928. The third kappa shape index (κ3) is 2.19. The number of methoxy groups -OCH3 is 1. The van der Waals surface area contributed by atoms with Gasteiger partial charge in [0.25, 0.3) is 0 Å². The number of amides is 1. The van der Waals surface area contributed by atoms with E-state index in [0.29, 0.717) is 25.8 Å². The lowest BCUT2D eigenvalue weighted by molar-refractivity contribution is -0.161. The number of carboxylic acid groups (broad SMARTS) is 1. The monoisotopic (exact) mass is 229 g/mol. The molecule has 1 aliphatic carbocycles. The van der Waals surface area contributed by atoms with Gasteiger partial charge in [0.05, 0.1) is 6.10 Å². The van der Waals surface area contributed by atoms with Crippen LogP contribution in [0.2, 0.25) is 0 Å². The van der Waals surface area contributed by atoms with Gasteiger partial charge in [0, 0.05) is 20.1 Å². The molecule has 1 fully saturated rings. The third-order valence-electron chi connectivity index (χ3n) is 3.43. The maximum absolute atomic E-state index is 11.4. The van der Waals surface area contributed by atoms with Gasteiger partial charge in [-0.05, 0) is 26.2 Å². The van der Waals surface area contributed by atoms with Crippen LogP contribution in [0.3, 0.4) is 0 Å². The van der Waals surface area contributed by atoms with Gasteiger partial charge in [-0.15, -0.1) is 0 Å². The molecule has 0 aromatic rings. The first-order valence-electron chi connectivity index (χ1n) is 5.59. The van der Waals surface area contributed by atoms with E-state index in [-0.39, 0.29) is 6.10 Å². The molecule has 1 rings (SSSR count). The Morgan fingerprint density at radius 3 is 2.81 bits per heavy atom. The van der Waals surface area contributed by atoms with Gasteiger partial charge < -0.3 is 14.7 Å². The molecular weight excluding hydrogens is 210 g/mol. The highest BCUT2D eigenvalue weighted by Gasteiger charge is 2.47. The minimum atomic E-state index is -1.07. The molecule has 0 aromatic heterocycles. The number of carbonyl (C=O) groups is 2. The molecule has 2 atom stereocenters. The molecule has 16 heavy (non-hydrogen) atoms. The Kier molecular flexibility index (Phi) is 4.29. The highest BCUT2D eigenvalue weighted by molar-refractivity contribution is 5.81. The zero-order chi connectivity index (χ0) is 12.2. The van der Waals surface area contributed by atoms with Crippen LogP contribution in [-0.2, 0) is 14.3 Å². The van der Waals surface area contributed by atoms with E-state index in [1.807, 2.05) is 0 Å². The molecule has 0 bridgehead atoms. The second-order valence-corrected chi connectivity index (χ2v) is 4.18. The van der Waals surface area contributed by atoms with Crippen LogP contribution in [0.25, 0.3) is 0 Å². The zero-order valence-electron chi connectivity index (χ0n) is 9.81. The molecule has 0 aromatic carbocycles. The van der Waals surface area contributed by atoms with Crippen molar-refractivity contribution in [3.05, 3.63) is 0 Å². The van der Waals surface area contributed by atoms with Crippen LogP contribution in [0.5, 0.6) is 0 Å². The fraction of sp³-hybridized carbons (Fsp3) is 0.818. The van der Waals surface area contributed by atoms with Crippen molar-refractivity contribution in [3.8, 4) is 0 Å². The van der Waals surface area contributed by atoms with Gasteiger partial charge in [-0.3, -0.25) is 4.79 Å². The van der Waals surface area contributed by atoms with Crippen molar-refractivity contribution in [1.29, 1.82) is 0 Å². The minimum Gasteiger partial charge on any atom is -0.479 e. The summed E-state index contributed by atoms with van der Waals surface area (Å²) >= 11 is 0. The van der Waals surface area contributed by atoms with Gasteiger partial charge in [-0.25, -0.2) is 4.79 Å². The van der Waals surface area contributed by atoms with Crippen molar-refractivity contribution in [1.82, 2.24) is 4.90 Å². The van der Waals surface area contributed by atoms with Crippen LogP contribution in [0.15, 0.2) is 0 Å². The lowest BCUT2D eigenvalue weighted by atomic mass is 9.79. The van der Waals surface area contributed by atoms with Gasteiger partial charge in [-0.2, -0.15) is 0 Å². The Morgan fingerprint density at radius 1 is 1.69 bits per heavy atom. The predicted molar refractivity (Wildman–Crippen MR) is 58.1 cm³/mol. The van der Waals surface area contributed by atoms with Gasteiger partial charge in [0.1, 0.15) is 5.54 Å². The molecule has 92 valence electrons. The fourth-order valence-corrected chi connectivity index (χ4v) is 2.46. The van der Waals surface area contributed by atoms with E-state index >= 15 is 0 Å². The molecule has 0 heterocycles. The van der Waals surface area contributed by atoms with Crippen molar-refractivity contribution in [2.75, 3.05) is 13.7 Å². The van der Waals surface area contributed by atoms with Gasteiger partial charge >= 0.3 is 5.97 Å². The van der Waals surface area contributed by atoms with Crippen molar-refractivity contribution in [2.24, 2.45) is 0 Å². The molecule has 0 radical (unpaired) electrons. The summed E-state index contributed by atoms with van der Waals surface area (Å²) in [4.78, 5) is 23.8. The quantitative estimate of drug-likeness (QED) is 0.710. The number of likely N-dealkylation sites (N-methyl/N-ethyl adjacent to an activating group) is 1. The Morgan fingerprint density at radius 2 is 2.38 bits per heavy atom. The minimum absolute atomic E-state index is 0.0705. The Hall–Kier alpha value is -1.10. The number of carboxylic acids is 1. The highest BCUT2D eigenvalue weighted by atomic mass is 16.5. The topological polar surface area (TPSA) is 66.8 Å².